The zero-order chi connectivity index (χ0) is 16.7. The molecule has 7 heteroatoms. The molecule has 2 N–H and O–H groups in total. The minimum Gasteiger partial charge on any atom is -0.492 e. The van der Waals surface area contributed by atoms with E-state index in [0.29, 0.717) is 0 Å². The summed E-state index contributed by atoms with van der Waals surface area (Å²) in [5.41, 5.74) is 0. The molecule has 0 amide bonds. The Kier molecular flexibility index (Phi) is 4.05. The van der Waals surface area contributed by atoms with Crippen molar-refractivity contribution in [2.45, 2.75) is 39.2 Å². The largest absolute Gasteiger partial charge is 0.492 e. The van der Waals surface area contributed by atoms with Gasteiger partial charge in [0.1, 0.15) is 4.88 Å². The van der Waals surface area contributed by atoms with Crippen LogP contribution in [0.2, 0.25) is 0 Å². The van der Waals surface area contributed by atoms with Crippen LogP contribution in [0.25, 0.3) is 4.96 Å². The van der Waals surface area contributed by atoms with Crippen molar-refractivity contribution in [2.24, 2.45) is 5.92 Å². The third-order valence-electron chi connectivity index (χ3n) is 4.97. The van der Waals surface area contributed by atoms with Crippen molar-refractivity contribution < 1.29 is 14.4 Å². The van der Waals surface area contributed by atoms with Gasteiger partial charge < -0.3 is 14.4 Å². The van der Waals surface area contributed by atoms with Crippen LogP contribution >= 0.6 is 11.3 Å². The molecule has 0 bridgehead atoms. The van der Waals surface area contributed by atoms with Crippen LogP contribution < -0.4 is 4.90 Å². The number of aromatic nitrogens is 3. The zero-order valence-corrected chi connectivity index (χ0v) is 14.8. The fourth-order valence-electron chi connectivity index (χ4n) is 3.52. The monoisotopic (exact) mass is 347 g/mol. The number of fused-ring (bicyclic) bond motifs is 1. The molecule has 1 atom stereocenters. The number of furan rings is 1. The average Bonchev–Trinajstić information content (AvgIpc) is 3.29. The number of aromatic hydroxyl groups is 1. The van der Waals surface area contributed by atoms with Crippen LogP contribution in [-0.4, -0.2) is 32.8 Å². The number of rotatable bonds is 4. The molecule has 3 aromatic heterocycles. The lowest BCUT2D eigenvalue weighted by atomic mass is 9.97. The van der Waals surface area contributed by atoms with Crippen molar-refractivity contribution in [3.8, 4) is 5.88 Å². The molecule has 1 saturated heterocycles. The smallest absolute Gasteiger partial charge is 0.235 e. The summed E-state index contributed by atoms with van der Waals surface area (Å²) in [6.45, 7) is 6.49. The molecule has 0 radical (unpaired) electrons. The number of nitrogens with zero attached hydrogens (tertiary/aromatic N) is 3. The average molecular weight is 347 g/mol. The van der Waals surface area contributed by atoms with Gasteiger partial charge in [-0.15, -0.1) is 5.10 Å². The summed E-state index contributed by atoms with van der Waals surface area (Å²) in [6.07, 6.45) is 4.87. The lowest BCUT2D eigenvalue weighted by molar-refractivity contribution is -0.932. The van der Waals surface area contributed by atoms with E-state index in [2.05, 4.69) is 17.0 Å². The maximum Gasteiger partial charge on any atom is 0.235 e. The zero-order valence-electron chi connectivity index (χ0n) is 14.0. The van der Waals surface area contributed by atoms with Crippen LogP contribution in [0.5, 0.6) is 5.88 Å². The Morgan fingerprint density at radius 3 is 2.88 bits per heavy atom. The minimum absolute atomic E-state index is 0.00563. The van der Waals surface area contributed by atoms with Gasteiger partial charge in [-0.1, -0.05) is 25.2 Å². The topological polar surface area (TPSA) is 68.0 Å². The predicted octanol–water partition coefficient (Wildman–Crippen LogP) is 2.06. The SMILES string of the molecule is CCc1nc2sc([C@H](c3ccco3)[NH+]3CCC(C)CC3)c(O)n2n1. The molecule has 1 aliphatic rings. The Morgan fingerprint density at radius 2 is 2.25 bits per heavy atom. The lowest BCUT2D eigenvalue weighted by Crippen LogP contribution is -3.13. The van der Waals surface area contributed by atoms with Gasteiger partial charge in [0.15, 0.2) is 17.6 Å². The number of quaternary nitrogens is 1. The fourth-order valence-corrected chi connectivity index (χ4v) is 4.66. The molecular formula is C17H23N4O2S+. The van der Waals surface area contributed by atoms with Crippen molar-refractivity contribution in [3.63, 3.8) is 0 Å². The molecule has 0 aromatic carbocycles. The Morgan fingerprint density at radius 1 is 1.46 bits per heavy atom. The van der Waals surface area contributed by atoms with Gasteiger partial charge in [-0.25, -0.2) is 4.98 Å². The van der Waals surface area contributed by atoms with Gasteiger partial charge in [0.2, 0.25) is 10.8 Å². The van der Waals surface area contributed by atoms with E-state index in [1.54, 1.807) is 10.8 Å². The van der Waals surface area contributed by atoms with Gasteiger partial charge in [0.05, 0.1) is 19.4 Å². The predicted molar refractivity (Wildman–Crippen MR) is 91.6 cm³/mol. The highest BCUT2D eigenvalue weighted by Crippen LogP contribution is 2.35. The van der Waals surface area contributed by atoms with Crippen molar-refractivity contribution in [1.82, 2.24) is 14.6 Å². The van der Waals surface area contributed by atoms with Gasteiger partial charge in [0, 0.05) is 6.42 Å². The van der Waals surface area contributed by atoms with E-state index in [4.69, 9.17) is 4.42 Å². The fraction of sp³-hybridized carbons (Fsp3) is 0.529. The molecule has 24 heavy (non-hydrogen) atoms. The second kappa shape index (κ2) is 6.22. The quantitative estimate of drug-likeness (QED) is 0.758. The molecule has 4 rings (SSSR count). The van der Waals surface area contributed by atoms with Crippen LogP contribution in [-0.2, 0) is 6.42 Å². The van der Waals surface area contributed by atoms with Crippen LogP contribution in [0.1, 0.15) is 49.2 Å². The third kappa shape index (κ3) is 2.61. The molecule has 0 unspecified atom stereocenters. The van der Waals surface area contributed by atoms with Gasteiger partial charge in [-0.2, -0.15) is 4.52 Å². The van der Waals surface area contributed by atoms with Crippen molar-refractivity contribution in [3.05, 3.63) is 34.9 Å². The molecule has 1 aliphatic heterocycles. The molecule has 0 aliphatic carbocycles. The van der Waals surface area contributed by atoms with Gasteiger partial charge in [-0.3, -0.25) is 0 Å². The Balaban J connectivity index is 1.76. The lowest BCUT2D eigenvalue weighted by Gasteiger charge is -2.32. The molecule has 0 spiro atoms. The normalized spacial score (nSPS) is 22.9. The van der Waals surface area contributed by atoms with Crippen LogP contribution in [0.4, 0.5) is 0 Å². The molecule has 3 aromatic rings. The van der Waals surface area contributed by atoms with Crippen molar-refractivity contribution in [2.75, 3.05) is 13.1 Å². The maximum atomic E-state index is 10.8. The van der Waals surface area contributed by atoms with Gasteiger partial charge in [0.25, 0.3) is 0 Å². The van der Waals surface area contributed by atoms with Crippen LogP contribution in [0.15, 0.2) is 22.8 Å². The Labute approximate surface area is 144 Å². The van der Waals surface area contributed by atoms with Crippen molar-refractivity contribution in [1.29, 1.82) is 0 Å². The summed E-state index contributed by atoms with van der Waals surface area (Å²) in [7, 11) is 0. The van der Waals surface area contributed by atoms with E-state index >= 15 is 0 Å². The number of nitrogens with one attached hydrogen (secondary N) is 1. The second-order valence-electron chi connectivity index (χ2n) is 6.66. The first-order valence-electron chi connectivity index (χ1n) is 8.62. The first-order valence-corrected chi connectivity index (χ1v) is 9.44. The molecule has 0 saturated carbocycles. The van der Waals surface area contributed by atoms with E-state index in [1.165, 1.54) is 29.1 Å². The summed E-state index contributed by atoms with van der Waals surface area (Å²) >= 11 is 1.52. The van der Waals surface area contributed by atoms with E-state index in [1.807, 2.05) is 19.1 Å². The third-order valence-corrected chi connectivity index (χ3v) is 6.06. The summed E-state index contributed by atoms with van der Waals surface area (Å²) < 4.78 is 7.30. The van der Waals surface area contributed by atoms with E-state index in [9.17, 15) is 5.11 Å². The number of hydrogen-bond acceptors (Lipinski definition) is 5. The first-order chi connectivity index (χ1) is 11.7. The number of hydrogen-bond donors (Lipinski definition) is 2. The molecule has 4 heterocycles. The molecule has 6 nitrogen and oxygen atoms in total. The minimum atomic E-state index is 0.00563. The summed E-state index contributed by atoms with van der Waals surface area (Å²) in [5, 5.41) is 15.2. The standard InChI is InChI=1S/C17H22N4O2S/c1-3-13-18-17-21(19-13)16(22)15(24-17)14(12-5-4-10-23-12)20-8-6-11(2)7-9-20/h4-5,10-11,14,22H,3,6-9H2,1-2H3/p+1/t14-/m0/s1. The van der Waals surface area contributed by atoms with Crippen molar-refractivity contribution >= 4 is 16.3 Å². The van der Waals surface area contributed by atoms with Gasteiger partial charge in [-0.05, 0) is 30.9 Å². The number of likely N-dealkylation sites (tertiary alicyclic amines) is 1. The summed E-state index contributed by atoms with van der Waals surface area (Å²) in [5.74, 6) is 2.63. The van der Waals surface area contributed by atoms with Crippen LogP contribution in [0, 0.1) is 5.92 Å². The molecule has 1 fully saturated rings. The highest BCUT2D eigenvalue weighted by Gasteiger charge is 2.36. The van der Waals surface area contributed by atoms with E-state index in [-0.39, 0.29) is 11.9 Å². The number of thiazole rings is 1. The second-order valence-corrected chi connectivity index (χ2v) is 7.66. The highest BCUT2D eigenvalue weighted by atomic mass is 32.1. The first kappa shape index (κ1) is 15.7. The Bertz CT molecular complexity index is 815. The molecule has 128 valence electrons. The van der Waals surface area contributed by atoms with E-state index in [0.717, 1.165) is 46.9 Å². The summed E-state index contributed by atoms with van der Waals surface area (Å²) in [4.78, 5) is 7.59. The summed E-state index contributed by atoms with van der Waals surface area (Å²) in [6, 6.07) is 3.92. The van der Waals surface area contributed by atoms with Gasteiger partial charge >= 0.3 is 0 Å². The highest BCUT2D eigenvalue weighted by molar-refractivity contribution is 7.17. The maximum absolute atomic E-state index is 10.8. The molecular weight excluding hydrogens is 324 g/mol. The van der Waals surface area contributed by atoms with Crippen LogP contribution in [0.3, 0.4) is 0 Å². The Hall–Kier alpha value is -1.86. The van der Waals surface area contributed by atoms with E-state index < -0.39 is 0 Å². The number of piperidine rings is 1. The number of aryl methyl sites for hydroxylation is 1.